The van der Waals surface area contributed by atoms with E-state index < -0.39 is 11.9 Å². The molecule has 2 aromatic rings. The molecule has 0 aliphatic carbocycles. The Bertz CT molecular complexity index is 653. The van der Waals surface area contributed by atoms with Crippen LogP contribution >= 0.6 is 11.8 Å². The zero-order valence-electron chi connectivity index (χ0n) is 10.4. The first kappa shape index (κ1) is 13.3. The molecule has 3 amide bonds. The highest BCUT2D eigenvalue weighted by Gasteiger charge is 2.12. The number of aromatic nitrogens is 4. The van der Waals surface area contributed by atoms with E-state index in [0.717, 1.165) is 23.1 Å². The maximum absolute atomic E-state index is 11.3. The van der Waals surface area contributed by atoms with Gasteiger partial charge < -0.3 is 5.73 Å². The standard InChI is InChI=1S/C10H12N6O2S/c1-5-3-6(2)16-9(12-5)14-15-10(16)19-4-7(17)13-8(11)18/h3H,4H2,1-2H3,(H3,11,13,17,18). The van der Waals surface area contributed by atoms with Crippen LogP contribution in [0.15, 0.2) is 11.2 Å². The van der Waals surface area contributed by atoms with Gasteiger partial charge in [0.2, 0.25) is 5.91 Å². The van der Waals surface area contributed by atoms with Gasteiger partial charge in [-0.15, -0.1) is 10.2 Å². The Morgan fingerprint density at radius 3 is 2.84 bits per heavy atom. The van der Waals surface area contributed by atoms with Crippen LogP contribution in [0.25, 0.3) is 5.78 Å². The Morgan fingerprint density at radius 2 is 2.16 bits per heavy atom. The predicted octanol–water partition coefficient (Wildman–Crippen LogP) is 0.0281. The van der Waals surface area contributed by atoms with Crippen LogP contribution in [-0.4, -0.2) is 37.3 Å². The molecule has 0 saturated heterocycles. The SMILES string of the molecule is Cc1cc(C)n2c(SCC(=O)NC(N)=O)nnc2n1. The molecule has 19 heavy (non-hydrogen) atoms. The lowest BCUT2D eigenvalue weighted by Crippen LogP contribution is -2.36. The molecule has 0 spiro atoms. The van der Waals surface area contributed by atoms with Gasteiger partial charge >= 0.3 is 6.03 Å². The van der Waals surface area contributed by atoms with E-state index >= 15 is 0 Å². The highest BCUT2D eigenvalue weighted by Crippen LogP contribution is 2.18. The Labute approximate surface area is 112 Å². The minimum absolute atomic E-state index is 0.0249. The number of imide groups is 1. The number of hydrogen-bond acceptors (Lipinski definition) is 6. The van der Waals surface area contributed by atoms with Gasteiger partial charge in [0.05, 0.1) is 5.75 Å². The molecule has 0 aliphatic rings. The number of primary amides is 1. The van der Waals surface area contributed by atoms with Crippen LogP contribution in [0, 0.1) is 13.8 Å². The summed E-state index contributed by atoms with van der Waals surface area (Å²) in [5.74, 6) is 0.0270. The zero-order chi connectivity index (χ0) is 14.0. The first-order valence-corrected chi connectivity index (χ1v) is 6.37. The number of thioether (sulfide) groups is 1. The molecule has 0 saturated carbocycles. The van der Waals surface area contributed by atoms with E-state index in [9.17, 15) is 9.59 Å². The average Bonchev–Trinajstić information content (AvgIpc) is 2.68. The third kappa shape index (κ3) is 2.99. The van der Waals surface area contributed by atoms with Crippen molar-refractivity contribution in [3.8, 4) is 0 Å². The quantitative estimate of drug-likeness (QED) is 0.766. The van der Waals surface area contributed by atoms with Crippen molar-refractivity contribution in [1.29, 1.82) is 0 Å². The number of carbonyl (C=O) groups is 2. The Balaban J connectivity index is 2.18. The molecule has 0 bridgehead atoms. The summed E-state index contributed by atoms with van der Waals surface area (Å²) in [6.45, 7) is 3.77. The molecule has 0 fully saturated rings. The predicted molar refractivity (Wildman–Crippen MR) is 68.7 cm³/mol. The first-order valence-electron chi connectivity index (χ1n) is 5.39. The summed E-state index contributed by atoms with van der Waals surface area (Å²) in [4.78, 5) is 26.1. The number of nitrogens with two attached hydrogens (primary N) is 1. The fourth-order valence-corrected chi connectivity index (χ4v) is 2.38. The molecule has 2 heterocycles. The number of urea groups is 1. The maximum atomic E-state index is 11.3. The van der Waals surface area contributed by atoms with Gasteiger partial charge in [0.15, 0.2) is 5.16 Å². The van der Waals surface area contributed by atoms with Crippen molar-refractivity contribution in [3.63, 3.8) is 0 Å². The molecule has 0 atom stereocenters. The van der Waals surface area contributed by atoms with E-state index in [1.54, 1.807) is 4.40 Å². The number of hydrogen-bond donors (Lipinski definition) is 2. The number of rotatable bonds is 3. The number of aryl methyl sites for hydroxylation is 2. The Kier molecular flexibility index (Phi) is 3.65. The molecule has 8 nitrogen and oxygen atoms in total. The maximum Gasteiger partial charge on any atom is 0.318 e. The smallest absolute Gasteiger partial charge is 0.318 e. The zero-order valence-corrected chi connectivity index (χ0v) is 11.2. The molecule has 0 aliphatic heterocycles. The highest BCUT2D eigenvalue weighted by molar-refractivity contribution is 7.99. The van der Waals surface area contributed by atoms with Crippen LogP contribution in [0.4, 0.5) is 4.79 Å². The summed E-state index contributed by atoms with van der Waals surface area (Å²) < 4.78 is 1.75. The van der Waals surface area contributed by atoms with Crippen molar-refractivity contribution >= 4 is 29.5 Å². The summed E-state index contributed by atoms with van der Waals surface area (Å²) in [6.07, 6.45) is 0. The van der Waals surface area contributed by atoms with Gasteiger partial charge in [-0.2, -0.15) is 0 Å². The monoisotopic (exact) mass is 280 g/mol. The van der Waals surface area contributed by atoms with Gasteiger partial charge in [0, 0.05) is 11.4 Å². The lowest BCUT2D eigenvalue weighted by atomic mass is 10.3. The van der Waals surface area contributed by atoms with Crippen LogP contribution in [0.2, 0.25) is 0 Å². The second-order valence-corrected chi connectivity index (χ2v) is 4.80. The van der Waals surface area contributed by atoms with Crippen molar-refractivity contribution < 1.29 is 9.59 Å². The molecule has 100 valence electrons. The molecular formula is C10H12N6O2S. The van der Waals surface area contributed by atoms with Gasteiger partial charge in [-0.1, -0.05) is 11.8 Å². The third-order valence-electron chi connectivity index (χ3n) is 2.26. The highest BCUT2D eigenvalue weighted by atomic mass is 32.2. The van der Waals surface area contributed by atoms with Gasteiger partial charge in [-0.3, -0.25) is 14.5 Å². The first-order chi connectivity index (χ1) is 8.97. The van der Waals surface area contributed by atoms with E-state index in [1.165, 1.54) is 0 Å². The summed E-state index contributed by atoms with van der Waals surface area (Å²) in [7, 11) is 0. The van der Waals surface area contributed by atoms with E-state index in [2.05, 4.69) is 15.2 Å². The van der Waals surface area contributed by atoms with Crippen LogP contribution in [0.5, 0.6) is 0 Å². The number of fused-ring (bicyclic) bond motifs is 1. The number of nitrogens with one attached hydrogen (secondary N) is 1. The van der Waals surface area contributed by atoms with Crippen molar-refractivity contribution in [2.75, 3.05) is 5.75 Å². The Hall–Kier alpha value is -2.16. The molecule has 0 unspecified atom stereocenters. The lowest BCUT2D eigenvalue weighted by molar-refractivity contribution is -0.117. The molecule has 2 rings (SSSR count). The average molecular weight is 280 g/mol. The lowest BCUT2D eigenvalue weighted by Gasteiger charge is -2.03. The van der Waals surface area contributed by atoms with E-state index in [4.69, 9.17) is 5.73 Å². The number of amides is 3. The second-order valence-electron chi connectivity index (χ2n) is 3.86. The summed E-state index contributed by atoms with van der Waals surface area (Å²) in [5, 5.41) is 10.4. The molecule has 3 N–H and O–H groups in total. The summed E-state index contributed by atoms with van der Waals surface area (Å²) >= 11 is 1.16. The van der Waals surface area contributed by atoms with E-state index in [-0.39, 0.29) is 5.75 Å². The van der Waals surface area contributed by atoms with Crippen molar-refractivity contribution in [2.24, 2.45) is 5.73 Å². The molecule has 0 radical (unpaired) electrons. The third-order valence-corrected chi connectivity index (χ3v) is 3.19. The fraction of sp³-hybridized carbons (Fsp3) is 0.300. The van der Waals surface area contributed by atoms with Crippen molar-refractivity contribution in [1.82, 2.24) is 24.9 Å². The van der Waals surface area contributed by atoms with Crippen LogP contribution in [0.3, 0.4) is 0 Å². The van der Waals surface area contributed by atoms with Crippen LogP contribution < -0.4 is 11.1 Å². The van der Waals surface area contributed by atoms with Gasteiger partial charge in [-0.25, -0.2) is 9.78 Å². The molecule has 0 aromatic carbocycles. The minimum Gasteiger partial charge on any atom is -0.351 e. The molecule has 9 heteroatoms. The topological polar surface area (TPSA) is 115 Å². The second kappa shape index (κ2) is 5.22. The van der Waals surface area contributed by atoms with Crippen LogP contribution in [0.1, 0.15) is 11.4 Å². The van der Waals surface area contributed by atoms with Crippen molar-refractivity contribution in [2.45, 2.75) is 19.0 Å². The van der Waals surface area contributed by atoms with E-state index in [1.807, 2.05) is 25.2 Å². The summed E-state index contributed by atoms with van der Waals surface area (Å²) in [6, 6.07) is 1.02. The molecular weight excluding hydrogens is 268 g/mol. The minimum atomic E-state index is -0.870. The number of carbonyl (C=O) groups excluding carboxylic acids is 2. The number of nitrogens with zero attached hydrogens (tertiary/aromatic N) is 4. The summed E-state index contributed by atoms with van der Waals surface area (Å²) in [5.41, 5.74) is 6.62. The largest absolute Gasteiger partial charge is 0.351 e. The van der Waals surface area contributed by atoms with Gasteiger partial charge in [0.1, 0.15) is 0 Å². The van der Waals surface area contributed by atoms with Gasteiger partial charge in [-0.05, 0) is 19.9 Å². The van der Waals surface area contributed by atoms with E-state index in [0.29, 0.717) is 10.9 Å². The molecule has 2 aromatic heterocycles. The van der Waals surface area contributed by atoms with Crippen molar-refractivity contribution in [3.05, 3.63) is 17.5 Å². The Morgan fingerprint density at radius 1 is 1.42 bits per heavy atom. The van der Waals surface area contributed by atoms with Gasteiger partial charge in [0.25, 0.3) is 5.78 Å². The fourth-order valence-electron chi connectivity index (χ4n) is 1.60. The normalized spacial score (nSPS) is 10.6. The van der Waals surface area contributed by atoms with Crippen LogP contribution in [-0.2, 0) is 4.79 Å².